The molecular formula is C12H12Cl4N2O3. The molecule has 21 heavy (non-hydrogen) atoms. The lowest BCUT2D eigenvalue weighted by atomic mass is 10.1. The molecular weight excluding hydrogens is 362 g/mol. The van der Waals surface area contributed by atoms with E-state index in [-0.39, 0.29) is 0 Å². The molecule has 0 bridgehead atoms. The molecule has 116 valence electrons. The van der Waals surface area contributed by atoms with E-state index in [1.165, 1.54) is 7.11 Å². The molecule has 0 aromatic heterocycles. The lowest BCUT2D eigenvalue weighted by molar-refractivity contribution is -0.122. The molecule has 0 unspecified atom stereocenters. The van der Waals surface area contributed by atoms with Crippen LogP contribution in [0.1, 0.15) is 11.7 Å². The van der Waals surface area contributed by atoms with Gasteiger partial charge in [0.1, 0.15) is 11.9 Å². The summed E-state index contributed by atoms with van der Waals surface area (Å²) in [6.45, 7) is 0. The number of benzene rings is 1. The molecule has 5 nitrogen and oxygen atoms in total. The SMILES string of the molecule is COc1ccccc1C(NC(=O)C(Cl)Cl)NC(=O)C(Cl)Cl. The van der Waals surface area contributed by atoms with Gasteiger partial charge in [-0.3, -0.25) is 9.59 Å². The van der Waals surface area contributed by atoms with Crippen molar-refractivity contribution < 1.29 is 14.3 Å². The number of alkyl halides is 4. The summed E-state index contributed by atoms with van der Waals surface area (Å²) in [6.07, 6.45) is -0.943. The maximum atomic E-state index is 11.6. The van der Waals surface area contributed by atoms with Crippen LogP contribution < -0.4 is 15.4 Å². The number of halogens is 4. The number of ether oxygens (including phenoxy) is 1. The molecule has 2 amide bonds. The standard InChI is InChI=1S/C12H12Cl4N2O3/c1-21-7-5-3-2-4-6(7)10(17-11(19)8(13)14)18-12(20)9(15)16/h2-5,8-10H,1H3,(H,17,19)(H,18,20). The van der Waals surface area contributed by atoms with Crippen molar-refractivity contribution >= 4 is 58.2 Å². The Morgan fingerprint density at radius 3 is 1.90 bits per heavy atom. The van der Waals surface area contributed by atoms with Gasteiger partial charge in [0.2, 0.25) is 0 Å². The van der Waals surface area contributed by atoms with E-state index in [1.54, 1.807) is 24.3 Å². The number of carbonyl (C=O) groups excluding carboxylic acids is 2. The quantitative estimate of drug-likeness (QED) is 0.594. The smallest absolute Gasteiger partial charge is 0.255 e. The summed E-state index contributed by atoms with van der Waals surface area (Å²) in [5.41, 5.74) is 0.490. The molecule has 1 aromatic carbocycles. The van der Waals surface area contributed by atoms with Gasteiger partial charge in [0.15, 0.2) is 9.67 Å². The van der Waals surface area contributed by atoms with E-state index in [0.717, 1.165) is 0 Å². The number of hydrogen-bond donors (Lipinski definition) is 2. The van der Waals surface area contributed by atoms with Crippen LogP contribution >= 0.6 is 46.4 Å². The lowest BCUT2D eigenvalue weighted by Gasteiger charge is -2.23. The number of methoxy groups -OCH3 is 1. The fraction of sp³-hybridized carbons (Fsp3) is 0.333. The number of carbonyl (C=O) groups is 2. The second-order valence-corrected chi connectivity index (χ2v) is 5.99. The number of amides is 2. The van der Waals surface area contributed by atoms with Gasteiger partial charge in [-0.25, -0.2) is 0 Å². The van der Waals surface area contributed by atoms with E-state index in [9.17, 15) is 9.59 Å². The second kappa shape index (κ2) is 8.54. The first-order chi connectivity index (χ1) is 9.86. The van der Waals surface area contributed by atoms with E-state index in [1.807, 2.05) is 0 Å². The molecule has 1 aromatic rings. The Kier molecular flexibility index (Phi) is 7.39. The number of nitrogens with one attached hydrogen (secondary N) is 2. The highest BCUT2D eigenvalue weighted by Crippen LogP contribution is 2.24. The predicted molar refractivity (Wildman–Crippen MR) is 83.0 cm³/mol. The normalized spacial score (nSPS) is 10.9. The van der Waals surface area contributed by atoms with Crippen LogP contribution in [0.15, 0.2) is 24.3 Å². The van der Waals surface area contributed by atoms with E-state index >= 15 is 0 Å². The van der Waals surface area contributed by atoms with E-state index in [0.29, 0.717) is 11.3 Å². The highest BCUT2D eigenvalue weighted by Gasteiger charge is 2.24. The van der Waals surface area contributed by atoms with Crippen LogP contribution in [-0.4, -0.2) is 28.6 Å². The molecule has 0 saturated carbocycles. The first-order valence-corrected chi connectivity index (χ1v) is 7.41. The summed E-state index contributed by atoms with van der Waals surface area (Å²) in [6, 6.07) is 6.76. The van der Waals surface area contributed by atoms with Gasteiger partial charge >= 0.3 is 0 Å². The van der Waals surface area contributed by atoms with Crippen molar-refractivity contribution in [2.24, 2.45) is 0 Å². The van der Waals surface area contributed by atoms with Crippen LogP contribution in [0.25, 0.3) is 0 Å². The van der Waals surface area contributed by atoms with Gasteiger partial charge in [-0.15, -0.1) is 0 Å². The van der Waals surface area contributed by atoms with E-state index in [4.69, 9.17) is 51.1 Å². The summed E-state index contributed by atoms with van der Waals surface area (Å²) in [4.78, 5) is 20.7. The Morgan fingerprint density at radius 2 is 1.48 bits per heavy atom. The van der Waals surface area contributed by atoms with Gasteiger partial charge in [-0.2, -0.15) is 0 Å². The van der Waals surface area contributed by atoms with Gasteiger partial charge in [-0.05, 0) is 6.07 Å². The highest BCUT2D eigenvalue weighted by molar-refractivity contribution is 6.54. The van der Waals surface area contributed by atoms with Crippen molar-refractivity contribution in [1.82, 2.24) is 10.6 Å². The summed E-state index contributed by atoms with van der Waals surface area (Å²) >= 11 is 22.0. The summed E-state index contributed by atoms with van der Waals surface area (Å²) in [5, 5.41) is 4.92. The van der Waals surface area contributed by atoms with Crippen molar-refractivity contribution in [2.45, 2.75) is 15.8 Å². The summed E-state index contributed by atoms with van der Waals surface area (Å²) in [5.74, 6) is -0.921. The van der Waals surface area contributed by atoms with Crippen molar-refractivity contribution in [3.05, 3.63) is 29.8 Å². The second-order valence-electron chi connectivity index (χ2n) is 3.79. The van der Waals surface area contributed by atoms with Crippen LogP contribution in [0.2, 0.25) is 0 Å². The maximum Gasteiger partial charge on any atom is 0.255 e. The monoisotopic (exact) mass is 372 g/mol. The Bertz CT molecular complexity index is 489. The van der Waals surface area contributed by atoms with Gasteiger partial charge < -0.3 is 15.4 Å². The Morgan fingerprint density at radius 1 is 1.00 bits per heavy atom. The van der Waals surface area contributed by atoms with Crippen LogP contribution in [0, 0.1) is 0 Å². The minimum absolute atomic E-state index is 0.449. The zero-order chi connectivity index (χ0) is 16.0. The fourth-order valence-corrected chi connectivity index (χ4v) is 1.76. The highest BCUT2D eigenvalue weighted by atomic mass is 35.5. The third-order valence-corrected chi connectivity index (χ3v) is 3.21. The number of para-hydroxylation sites is 1. The van der Waals surface area contributed by atoms with Gasteiger partial charge in [0, 0.05) is 5.56 Å². The van der Waals surface area contributed by atoms with Crippen molar-refractivity contribution in [2.75, 3.05) is 7.11 Å². The predicted octanol–water partition coefficient (Wildman–Crippen LogP) is 2.53. The lowest BCUT2D eigenvalue weighted by Crippen LogP contribution is -2.44. The molecule has 0 aliphatic rings. The molecule has 0 aliphatic carbocycles. The minimum atomic E-state index is -1.29. The van der Waals surface area contributed by atoms with E-state index < -0.39 is 27.7 Å². The Labute approximate surface area is 141 Å². The van der Waals surface area contributed by atoms with Gasteiger partial charge in [-0.1, -0.05) is 64.6 Å². The van der Waals surface area contributed by atoms with Gasteiger partial charge in [0.25, 0.3) is 11.8 Å². The van der Waals surface area contributed by atoms with E-state index in [2.05, 4.69) is 10.6 Å². The van der Waals surface area contributed by atoms with Crippen molar-refractivity contribution in [3.8, 4) is 5.75 Å². The third kappa shape index (κ3) is 5.43. The van der Waals surface area contributed by atoms with Crippen LogP contribution in [0.5, 0.6) is 5.75 Å². The molecule has 0 heterocycles. The average Bonchev–Trinajstić information content (AvgIpc) is 2.45. The van der Waals surface area contributed by atoms with Crippen molar-refractivity contribution in [1.29, 1.82) is 0 Å². The molecule has 1 rings (SSSR count). The van der Waals surface area contributed by atoms with Crippen LogP contribution in [0.4, 0.5) is 0 Å². The third-order valence-electron chi connectivity index (χ3n) is 2.42. The average molecular weight is 374 g/mol. The zero-order valence-corrected chi connectivity index (χ0v) is 13.8. The van der Waals surface area contributed by atoms with Crippen LogP contribution in [-0.2, 0) is 9.59 Å². The fourth-order valence-electron chi connectivity index (χ4n) is 1.51. The molecule has 0 aliphatic heterocycles. The first-order valence-electron chi connectivity index (χ1n) is 5.66. The molecule has 0 radical (unpaired) electrons. The largest absolute Gasteiger partial charge is 0.496 e. The molecule has 9 heteroatoms. The molecule has 0 spiro atoms. The Hall–Kier alpha value is -0.880. The summed E-state index contributed by atoms with van der Waals surface area (Å²) in [7, 11) is 1.46. The van der Waals surface area contributed by atoms with Gasteiger partial charge in [0.05, 0.1) is 7.11 Å². The number of hydrogen-bond acceptors (Lipinski definition) is 3. The summed E-state index contributed by atoms with van der Waals surface area (Å²) < 4.78 is 5.18. The molecule has 2 N–H and O–H groups in total. The maximum absolute atomic E-state index is 11.6. The van der Waals surface area contributed by atoms with Crippen LogP contribution in [0.3, 0.4) is 0 Å². The topological polar surface area (TPSA) is 67.4 Å². The molecule has 0 fully saturated rings. The zero-order valence-electron chi connectivity index (χ0n) is 10.8. The molecule has 0 saturated heterocycles. The first kappa shape index (κ1) is 18.2. The van der Waals surface area contributed by atoms with Crippen molar-refractivity contribution in [3.63, 3.8) is 0 Å². The number of rotatable bonds is 6. The Balaban J connectivity index is 3.05. The molecule has 0 atom stereocenters. The minimum Gasteiger partial charge on any atom is -0.496 e.